The minimum absolute atomic E-state index is 0.0682. The van der Waals surface area contributed by atoms with E-state index in [0.717, 1.165) is 0 Å². The lowest BCUT2D eigenvalue weighted by molar-refractivity contribution is -0.144. The molecule has 0 amide bonds. The Bertz CT molecular complexity index is 266. The maximum Gasteiger partial charge on any atom is 0.508 e. The van der Waals surface area contributed by atoms with Gasteiger partial charge < -0.3 is 18.9 Å². The van der Waals surface area contributed by atoms with Gasteiger partial charge in [0.05, 0.1) is 0 Å². The molecular weight excluding hydrogens is 239 g/mol. The summed E-state index contributed by atoms with van der Waals surface area (Å²) in [7, 11) is 0. The van der Waals surface area contributed by atoms with Gasteiger partial charge in [-0.3, -0.25) is 4.79 Å². The normalized spacial score (nSPS) is 9.29. The number of hydrogen-bond acceptors (Lipinski definition) is 7. The number of carbonyl (C=O) groups is 3. The molecule has 0 atom stereocenters. The third-order valence-corrected chi connectivity index (χ3v) is 1.37. The summed E-state index contributed by atoms with van der Waals surface area (Å²) in [5.41, 5.74) is 0. The fourth-order valence-corrected chi connectivity index (χ4v) is 0.671. The minimum atomic E-state index is -1.95. The predicted octanol–water partition coefficient (Wildman–Crippen LogP) is 1.20. The SMILES string of the molecule is CCC(=O)OCCOC(=O)OCCOC(=O)F. The molecule has 0 unspecified atom stereocenters. The van der Waals surface area contributed by atoms with Gasteiger partial charge in [-0.25, -0.2) is 9.59 Å². The zero-order chi connectivity index (χ0) is 13.1. The van der Waals surface area contributed by atoms with E-state index in [1.165, 1.54) is 0 Å². The van der Waals surface area contributed by atoms with Crippen LogP contribution in [0.25, 0.3) is 0 Å². The molecule has 17 heavy (non-hydrogen) atoms. The number of esters is 1. The Kier molecular flexibility index (Phi) is 8.35. The quantitative estimate of drug-likeness (QED) is 0.291. The largest absolute Gasteiger partial charge is 0.508 e. The molecular formula is C9H13FO7. The lowest BCUT2D eigenvalue weighted by atomic mass is 10.5. The molecule has 8 heteroatoms. The first-order valence-electron chi connectivity index (χ1n) is 4.83. The monoisotopic (exact) mass is 252 g/mol. The zero-order valence-corrected chi connectivity index (χ0v) is 9.27. The van der Waals surface area contributed by atoms with Crippen molar-refractivity contribution in [2.24, 2.45) is 0 Å². The topological polar surface area (TPSA) is 88.1 Å². The van der Waals surface area contributed by atoms with Crippen LogP contribution in [0.15, 0.2) is 0 Å². The first-order chi connectivity index (χ1) is 8.06. The van der Waals surface area contributed by atoms with E-state index in [1.54, 1.807) is 6.92 Å². The Hall–Kier alpha value is -1.86. The van der Waals surface area contributed by atoms with Crippen molar-refractivity contribution in [1.29, 1.82) is 0 Å². The first kappa shape index (κ1) is 15.1. The maximum atomic E-state index is 11.5. The number of hydrogen-bond donors (Lipinski definition) is 0. The fourth-order valence-electron chi connectivity index (χ4n) is 0.671. The summed E-state index contributed by atoms with van der Waals surface area (Å²) >= 11 is 0. The highest BCUT2D eigenvalue weighted by atomic mass is 19.1. The molecule has 0 aliphatic rings. The van der Waals surface area contributed by atoms with Crippen molar-refractivity contribution in [2.45, 2.75) is 13.3 Å². The first-order valence-corrected chi connectivity index (χ1v) is 4.83. The van der Waals surface area contributed by atoms with Crippen molar-refractivity contribution in [1.82, 2.24) is 0 Å². The van der Waals surface area contributed by atoms with Crippen LogP contribution in [-0.2, 0) is 23.7 Å². The highest BCUT2D eigenvalue weighted by Crippen LogP contribution is 1.89. The van der Waals surface area contributed by atoms with Gasteiger partial charge in [-0.1, -0.05) is 6.92 Å². The van der Waals surface area contributed by atoms with Crippen LogP contribution in [0.5, 0.6) is 0 Å². The lowest BCUT2D eigenvalue weighted by Gasteiger charge is -2.06. The second kappa shape index (κ2) is 9.37. The van der Waals surface area contributed by atoms with Gasteiger partial charge in [0.1, 0.15) is 26.4 Å². The van der Waals surface area contributed by atoms with Crippen molar-refractivity contribution >= 4 is 18.3 Å². The van der Waals surface area contributed by atoms with E-state index in [4.69, 9.17) is 0 Å². The van der Waals surface area contributed by atoms with E-state index < -0.39 is 25.0 Å². The van der Waals surface area contributed by atoms with E-state index in [9.17, 15) is 18.8 Å². The third kappa shape index (κ3) is 10.4. The average molecular weight is 252 g/mol. The second-order valence-corrected chi connectivity index (χ2v) is 2.61. The van der Waals surface area contributed by atoms with Gasteiger partial charge in [-0.05, 0) is 0 Å². The van der Waals surface area contributed by atoms with Crippen molar-refractivity contribution in [3.8, 4) is 0 Å². The van der Waals surface area contributed by atoms with Crippen molar-refractivity contribution in [2.75, 3.05) is 26.4 Å². The summed E-state index contributed by atoms with van der Waals surface area (Å²) in [5.74, 6) is -0.406. The van der Waals surface area contributed by atoms with Gasteiger partial charge in [-0.2, -0.15) is 0 Å². The molecule has 0 bridgehead atoms. The number of ether oxygens (including phenoxy) is 4. The third-order valence-electron chi connectivity index (χ3n) is 1.37. The molecule has 7 nitrogen and oxygen atoms in total. The van der Waals surface area contributed by atoms with Gasteiger partial charge in [0.25, 0.3) is 0 Å². The summed E-state index contributed by atoms with van der Waals surface area (Å²) in [5, 5.41) is 0. The molecule has 0 fully saturated rings. The summed E-state index contributed by atoms with van der Waals surface area (Å²) < 4.78 is 28.8. The van der Waals surface area contributed by atoms with Crippen LogP contribution >= 0.6 is 0 Å². The molecule has 98 valence electrons. The van der Waals surface area contributed by atoms with E-state index in [1.807, 2.05) is 0 Å². The standard InChI is InChI=1S/C9H13FO7/c1-2-7(11)14-3-5-16-9(13)17-6-4-15-8(10)12/h2-6H2,1H3. The van der Waals surface area contributed by atoms with E-state index >= 15 is 0 Å². The van der Waals surface area contributed by atoms with E-state index in [0.29, 0.717) is 0 Å². The van der Waals surface area contributed by atoms with Crippen molar-refractivity contribution in [3.63, 3.8) is 0 Å². The molecule has 0 radical (unpaired) electrons. The van der Waals surface area contributed by atoms with Crippen LogP contribution in [0.1, 0.15) is 13.3 Å². The maximum absolute atomic E-state index is 11.5. The molecule has 0 aliphatic heterocycles. The predicted molar refractivity (Wildman–Crippen MR) is 51.0 cm³/mol. The van der Waals surface area contributed by atoms with Crippen LogP contribution in [0.3, 0.4) is 0 Å². The van der Waals surface area contributed by atoms with Gasteiger partial charge in [0.15, 0.2) is 0 Å². The van der Waals surface area contributed by atoms with E-state index in [-0.39, 0.29) is 26.2 Å². The molecule has 0 spiro atoms. The molecule has 0 saturated heterocycles. The van der Waals surface area contributed by atoms with Gasteiger partial charge >= 0.3 is 18.3 Å². The summed E-state index contributed by atoms with van der Waals surface area (Å²) in [6.07, 6.45) is -2.74. The number of rotatable bonds is 7. The van der Waals surface area contributed by atoms with Crippen LogP contribution < -0.4 is 0 Å². The Morgan fingerprint density at radius 1 is 0.882 bits per heavy atom. The average Bonchev–Trinajstić information content (AvgIpc) is 2.29. The van der Waals surface area contributed by atoms with Gasteiger partial charge in [0, 0.05) is 6.42 Å². The fraction of sp³-hybridized carbons (Fsp3) is 0.667. The van der Waals surface area contributed by atoms with Crippen LogP contribution in [-0.4, -0.2) is 44.8 Å². The Morgan fingerprint density at radius 3 is 1.82 bits per heavy atom. The highest BCUT2D eigenvalue weighted by Gasteiger charge is 2.05. The second-order valence-electron chi connectivity index (χ2n) is 2.61. The lowest BCUT2D eigenvalue weighted by Crippen LogP contribution is -2.16. The zero-order valence-electron chi connectivity index (χ0n) is 9.27. The summed E-state index contributed by atoms with van der Waals surface area (Å²) in [6.45, 7) is 0.705. The Morgan fingerprint density at radius 2 is 1.35 bits per heavy atom. The number of carbonyl (C=O) groups excluding carboxylic acids is 3. The highest BCUT2D eigenvalue weighted by molar-refractivity contribution is 5.68. The van der Waals surface area contributed by atoms with Crippen LogP contribution in [0, 0.1) is 0 Å². The Labute approximate surface area is 96.8 Å². The number of halogens is 1. The molecule has 0 aromatic rings. The molecule has 0 rings (SSSR count). The Balaban J connectivity index is 3.35. The smallest absolute Gasteiger partial charge is 0.462 e. The molecule has 0 aliphatic carbocycles. The van der Waals surface area contributed by atoms with Crippen LogP contribution in [0.4, 0.5) is 14.0 Å². The summed E-state index contributed by atoms with van der Waals surface area (Å²) in [6, 6.07) is 0. The van der Waals surface area contributed by atoms with E-state index in [2.05, 4.69) is 18.9 Å². The van der Waals surface area contributed by atoms with Gasteiger partial charge in [0.2, 0.25) is 0 Å². The molecule has 0 heterocycles. The molecule has 0 N–H and O–H groups in total. The minimum Gasteiger partial charge on any atom is -0.462 e. The van der Waals surface area contributed by atoms with Crippen molar-refractivity contribution in [3.05, 3.63) is 0 Å². The van der Waals surface area contributed by atoms with Crippen LogP contribution in [0.2, 0.25) is 0 Å². The molecule has 0 saturated carbocycles. The summed E-state index contributed by atoms with van der Waals surface area (Å²) in [4.78, 5) is 31.1. The van der Waals surface area contributed by atoms with Crippen molar-refractivity contribution < 1.29 is 37.7 Å². The molecule has 0 aromatic carbocycles. The van der Waals surface area contributed by atoms with Gasteiger partial charge in [-0.15, -0.1) is 4.39 Å². The molecule has 0 aromatic heterocycles.